The second-order valence-electron chi connectivity index (χ2n) is 8.41. The van der Waals surface area contributed by atoms with Crippen LogP contribution in [0.3, 0.4) is 0 Å². The highest BCUT2D eigenvalue weighted by Gasteiger charge is 2.67. The average molecular weight is 447 g/mol. The maximum atomic E-state index is 14.1. The van der Waals surface area contributed by atoms with Crippen molar-refractivity contribution in [1.29, 1.82) is 0 Å². The maximum absolute atomic E-state index is 14.1. The number of halogens is 1. The van der Waals surface area contributed by atoms with Gasteiger partial charge in [-0.25, -0.2) is 4.39 Å². The van der Waals surface area contributed by atoms with Gasteiger partial charge in [0.2, 0.25) is 0 Å². The largest absolute Gasteiger partial charge is 0.488 e. The number of anilines is 1. The standard InChI is InChI=1S/C25H22FN3O4/c1-15-22(17-9-3-7-13-21(17)33-14-16-8-2-5-11-19(16)26)23(29(31)32)25(28-15)18-10-4-6-12-20(18)27-24(25)30/h2-13,15,22-23,28H,14H2,1H3,(H,27,30)/t15-,22+,23-,25-/m0/s1. The number of benzene rings is 3. The smallest absolute Gasteiger partial charge is 0.256 e. The highest BCUT2D eigenvalue weighted by Crippen LogP contribution is 2.50. The van der Waals surface area contributed by atoms with Gasteiger partial charge in [0, 0.05) is 33.3 Å². The lowest BCUT2D eigenvalue weighted by Gasteiger charge is -2.26. The van der Waals surface area contributed by atoms with Crippen LogP contribution < -0.4 is 15.4 Å². The lowest BCUT2D eigenvalue weighted by atomic mass is 9.78. The topological polar surface area (TPSA) is 93.5 Å². The third kappa shape index (κ3) is 3.25. The first-order valence-electron chi connectivity index (χ1n) is 10.7. The number of nitrogens with zero attached hydrogens (tertiary/aromatic N) is 1. The lowest BCUT2D eigenvalue weighted by molar-refractivity contribution is -0.532. The molecule has 0 saturated carbocycles. The number of ether oxygens (including phenoxy) is 1. The minimum Gasteiger partial charge on any atom is -0.488 e. The van der Waals surface area contributed by atoms with E-state index in [0.29, 0.717) is 28.1 Å². The molecule has 7 nitrogen and oxygen atoms in total. The normalized spacial score (nSPS) is 25.6. The van der Waals surface area contributed by atoms with Gasteiger partial charge in [0.25, 0.3) is 11.9 Å². The van der Waals surface area contributed by atoms with Crippen molar-refractivity contribution in [2.45, 2.75) is 37.1 Å². The Bertz CT molecular complexity index is 1250. The van der Waals surface area contributed by atoms with Crippen LogP contribution in [0.15, 0.2) is 72.8 Å². The molecule has 0 radical (unpaired) electrons. The highest BCUT2D eigenvalue weighted by molar-refractivity contribution is 6.07. The van der Waals surface area contributed by atoms with Crippen molar-refractivity contribution >= 4 is 11.6 Å². The SMILES string of the molecule is C[C@@H]1N[C@]2(C(=O)Nc3ccccc32)[C@@H]([N+](=O)[O-])[C@H]1c1ccccc1OCc1ccccc1F. The highest BCUT2D eigenvalue weighted by atomic mass is 19.1. The van der Waals surface area contributed by atoms with Crippen LogP contribution in [0.5, 0.6) is 5.75 Å². The first-order valence-corrected chi connectivity index (χ1v) is 10.7. The Morgan fingerprint density at radius 2 is 1.76 bits per heavy atom. The first-order chi connectivity index (χ1) is 15.9. The van der Waals surface area contributed by atoms with Gasteiger partial charge in [-0.3, -0.25) is 20.2 Å². The third-order valence-corrected chi connectivity index (χ3v) is 6.58. The first kappa shape index (κ1) is 21.1. The summed E-state index contributed by atoms with van der Waals surface area (Å²) in [4.78, 5) is 25.3. The Balaban J connectivity index is 1.56. The molecule has 0 aliphatic carbocycles. The van der Waals surface area contributed by atoms with E-state index < -0.39 is 29.4 Å². The van der Waals surface area contributed by atoms with E-state index in [2.05, 4.69) is 10.6 Å². The molecule has 1 spiro atoms. The van der Waals surface area contributed by atoms with Crippen molar-refractivity contribution in [3.8, 4) is 5.75 Å². The number of hydrogen-bond donors (Lipinski definition) is 2. The van der Waals surface area contributed by atoms with Crippen LogP contribution in [0.25, 0.3) is 0 Å². The molecule has 2 heterocycles. The minimum absolute atomic E-state index is 0.0180. The van der Waals surface area contributed by atoms with Gasteiger partial charge in [0.1, 0.15) is 18.2 Å². The molecular weight excluding hydrogens is 425 g/mol. The van der Waals surface area contributed by atoms with Crippen LogP contribution in [0.2, 0.25) is 0 Å². The Labute approximate surface area is 189 Å². The van der Waals surface area contributed by atoms with E-state index in [1.54, 1.807) is 66.7 Å². The predicted molar refractivity (Wildman–Crippen MR) is 120 cm³/mol. The number of nitrogens with one attached hydrogen (secondary N) is 2. The van der Waals surface area contributed by atoms with Crippen LogP contribution in [0.4, 0.5) is 10.1 Å². The zero-order valence-corrected chi connectivity index (χ0v) is 17.8. The summed E-state index contributed by atoms with van der Waals surface area (Å²) in [7, 11) is 0. The summed E-state index contributed by atoms with van der Waals surface area (Å²) in [6, 6.07) is 18.7. The molecule has 3 aromatic rings. The lowest BCUT2D eigenvalue weighted by Crippen LogP contribution is -2.54. The molecule has 1 saturated heterocycles. The Kier molecular flexibility index (Phi) is 5.09. The Hall–Kier alpha value is -3.78. The van der Waals surface area contributed by atoms with Crippen molar-refractivity contribution in [2.24, 2.45) is 0 Å². The molecule has 4 atom stereocenters. The maximum Gasteiger partial charge on any atom is 0.256 e. The molecular formula is C25H22FN3O4. The molecule has 3 aromatic carbocycles. The molecule has 0 unspecified atom stereocenters. The number of carbonyl (C=O) groups is 1. The molecule has 33 heavy (non-hydrogen) atoms. The molecule has 1 fully saturated rings. The molecule has 0 aromatic heterocycles. The second kappa shape index (κ2) is 7.97. The summed E-state index contributed by atoms with van der Waals surface area (Å²) in [5.74, 6) is -1.06. The van der Waals surface area contributed by atoms with Crippen LogP contribution >= 0.6 is 0 Å². The van der Waals surface area contributed by atoms with E-state index in [-0.39, 0.29) is 17.3 Å². The fraction of sp³-hybridized carbons (Fsp3) is 0.240. The van der Waals surface area contributed by atoms with Crippen LogP contribution in [0, 0.1) is 15.9 Å². The molecule has 8 heteroatoms. The fourth-order valence-corrected chi connectivity index (χ4v) is 5.18. The van der Waals surface area contributed by atoms with Crippen LogP contribution in [-0.4, -0.2) is 22.9 Å². The fourth-order valence-electron chi connectivity index (χ4n) is 5.18. The molecule has 5 rings (SSSR count). The van der Waals surface area contributed by atoms with Gasteiger partial charge in [0.15, 0.2) is 5.54 Å². The van der Waals surface area contributed by atoms with E-state index in [1.807, 2.05) is 6.92 Å². The number of carbonyl (C=O) groups excluding carboxylic acids is 1. The zero-order chi connectivity index (χ0) is 23.2. The van der Waals surface area contributed by atoms with Gasteiger partial charge in [-0.15, -0.1) is 0 Å². The number of hydrogen-bond acceptors (Lipinski definition) is 5. The van der Waals surface area contributed by atoms with E-state index in [9.17, 15) is 19.3 Å². The quantitative estimate of drug-likeness (QED) is 0.456. The summed E-state index contributed by atoms with van der Waals surface area (Å²) in [5.41, 5.74) is 0.624. The summed E-state index contributed by atoms with van der Waals surface area (Å²) in [6.07, 6.45) is 0. The Morgan fingerprint density at radius 1 is 1.06 bits per heavy atom. The number of nitro groups is 1. The third-order valence-electron chi connectivity index (χ3n) is 6.58. The average Bonchev–Trinajstić information content (AvgIpc) is 3.27. The van der Waals surface area contributed by atoms with E-state index in [0.717, 1.165) is 0 Å². The molecule has 1 amide bonds. The van der Waals surface area contributed by atoms with Gasteiger partial charge < -0.3 is 10.1 Å². The number of para-hydroxylation sites is 2. The van der Waals surface area contributed by atoms with E-state index in [1.165, 1.54) is 6.07 Å². The van der Waals surface area contributed by atoms with Crippen molar-refractivity contribution in [1.82, 2.24) is 5.32 Å². The summed E-state index contributed by atoms with van der Waals surface area (Å²) in [5, 5.41) is 18.5. The van der Waals surface area contributed by atoms with Gasteiger partial charge in [0.05, 0.1) is 5.92 Å². The van der Waals surface area contributed by atoms with E-state index in [4.69, 9.17) is 4.74 Å². The van der Waals surface area contributed by atoms with E-state index >= 15 is 0 Å². The summed E-state index contributed by atoms with van der Waals surface area (Å²) >= 11 is 0. The molecule has 0 bridgehead atoms. The predicted octanol–water partition coefficient (Wildman–Crippen LogP) is 3.97. The number of fused-ring (bicyclic) bond motifs is 2. The number of amides is 1. The Morgan fingerprint density at radius 3 is 2.55 bits per heavy atom. The van der Waals surface area contributed by atoms with Crippen molar-refractivity contribution in [3.05, 3.63) is 105 Å². The van der Waals surface area contributed by atoms with Gasteiger partial charge in [-0.1, -0.05) is 54.6 Å². The summed E-state index contributed by atoms with van der Waals surface area (Å²) in [6.45, 7) is 1.81. The minimum atomic E-state index is -1.50. The van der Waals surface area contributed by atoms with Crippen LogP contribution in [0.1, 0.15) is 29.5 Å². The molecule has 2 aliphatic heterocycles. The van der Waals surface area contributed by atoms with Crippen LogP contribution in [-0.2, 0) is 16.9 Å². The molecule has 2 aliphatic rings. The monoisotopic (exact) mass is 447 g/mol. The van der Waals surface area contributed by atoms with Gasteiger partial charge in [-0.05, 0) is 25.1 Å². The summed E-state index contributed by atoms with van der Waals surface area (Å²) < 4.78 is 20.0. The molecule has 2 N–H and O–H groups in total. The van der Waals surface area contributed by atoms with Crippen molar-refractivity contribution in [2.75, 3.05) is 5.32 Å². The molecule has 168 valence electrons. The van der Waals surface area contributed by atoms with Crippen molar-refractivity contribution < 1.29 is 18.8 Å². The van der Waals surface area contributed by atoms with Gasteiger partial charge in [-0.2, -0.15) is 0 Å². The second-order valence-corrected chi connectivity index (χ2v) is 8.41. The number of rotatable bonds is 5. The van der Waals surface area contributed by atoms with Crippen molar-refractivity contribution in [3.63, 3.8) is 0 Å². The zero-order valence-electron chi connectivity index (χ0n) is 17.8. The van der Waals surface area contributed by atoms with Gasteiger partial charge >= 0.3 is 0 Å².